The molecule has 160 valence electrons. The fourth-order valence-corrected chi connectivity index (χ4v) is 3.00. The van der Waals surface area contributed by atoms with Gasteiger partial charge in [0.1, 0.15) is 11.3 Å². The van der Waals surface area contributed by atoms with Gasteiger partial charge in [-0.05, 0) is 60.9 Å². The van der Waals surface area contributed by atoms with Gasteiger partial charge < -0.3 is 10.1 Å². The van der Waals surface area contributed by atoms with Gasteiger partial charge in [-0.15, -0.1) is 0 Å². The minimum Gasteiger partial charge on any atom is -0.484 e. The van der Waals surface area contributed by atoms with E-state index in [9.17, 15) is 19.2 Å². The molecule has 1 saturated heterocycles. The Balaban J connectivity index is 1.69. The first kappa shape index (κ1) is 21.8. The van der Waals surface area contributed by atoms with Crippen LogP contribution in [0.15, 0.2) is 48.0 Å². The number of nitrogens with zero attached hydrogens (tertiary/aromatic N) is 2. The highest BCUT2D eigenvalue weighted by Crippen LogP contribution is 2.21. The van der Waals surface area contributed by atoms with E-state index in [-0.39, 0.29) is 18.1 Å². The largest absolute Gasteiger partial charge is 0.484 e. The predicted molar refractivity (Wildman–Crippen MR) is 115 cm³/mol. The van der Waals surface area contributed by atoms with Crippen molar-refractivity contribution < 1.29 is 23.9 Å². The van der Waals surface area contributed by atoms with Crippen molar-refractivity contribution in [2.75, 3.05) is 26.0 Å². The molecule has 1 N–H and O–H groups in total. The predicted octanol–water partition coefficient (Wildman–Crippen LogP) is 2.75. The second-order valence-electron chi connectivity index (χ2n) is 7.28. The molecule has 0 aliphatic carbocycles. The molecular weight excluding hydrogens is 398 g/mol. The molecule has 3 rings (SSSR count). The number of ether oxygens (including phenoxy) is 1. The number of imide groups is 2. The number of amides is 5. The zero-order valence-corrected chi connectivity index (χ0v) is 17.8. The highest BCUT2D eigenvalue weighted by atomic mass is 16.5. The molecule has 8 heteroatoms. The Bertz CT molecular complexity index is 1080. The van der Waals surface area contributed by atoms with Crippen molar-refractivity contribution in [2.24, 2.45) is 0 Å². The van der Waals surface area contributed by atoms with Crippen LogP contribution in [-0.4, -0.2) is 54.3 Å². The first-order valence-corrected chi connectivity index (χ1v) is 9.59. The SMILES string of the molecule is Cc1ccc(NC(=O)COc2cccc(C=C3C(=O)N(C)C(=O)N(C)C3=O)c2)cc1C. The lowest BCUT2D eigenvalue weighted by molar-refractivity contribution is -0.134. The van der Waals surface area contributed by atoms with Gasteiger partial charge in [-0.25, -0.2) is 4.79 Å². The fraction of sp³-hybridized carbons (Fsp3) is 0.217. The summed E-state index contributed by atoms with van der Waals surface area (Å²) in [6, 6.07) is 11.6. The molecule has 0 unspecified atom stereocenters. The van der Waals surface area contributed by atoms with Gasteiger partial charge >= 0.3 is 6.03 Å². The van der Waals surface area contributed by atoms with Crippen LogP contribution in [0.5, 0.6) is 5.75 Å². The van der Waals surface area contributed by atoms with Crippen LogP contribution < -0.4 is 10.1 Å². The number of urea groups is 1. The molecule has 1 fully saturated rings. The topological polar surface area (TPSA) is 96.0 Å². The summed E-state index contributed by atoms with van der Waals surface area (Å²) >= 11 is 0. The van der Waals surface area contributed by atoms with E-state index in [1.54, 1.807) is 24.3 Å². The molecule has 8 nitrogen and oxygen atoms in total. The number of carbonyl (C=O) groups excluding carboxylic acids is 4. The molecule has 0 bridgehead atoms. The normalized spacial score (nSPS) is 14.1. The minimum atomic E-state index is -0.681. The second-order valence-corrected chi connectivity index (χ2v) is 7.28. The maximum absolute atomic E-state index is 12.3. The van der Waals surface area contributed by atoms with Crippen LogP contribution in [0, 0.1) is 13.8 Å². The van der Waals surface area contributed by atoms with Crippen LogP contribution in [0.25, 0.3) is 6.08 Å². The Kier molecular flexibility index (Phi) is 6.20. The quantitative estimate of drug-likeness (QED) is 0.592. The summed E-state index contributed by atoms with van der Waals surface area (Å²) in [4.78, 5) is 50.4. The van der Waals surface area contributed by atoms with Gasteiger partial charge in [0.25, 0.3) is 17.7 Å². The number of hydrogen-bond acceptors (Lipinski definition) is 5. The van der Waals surface area contributed by atoms with Crippen LogP contribution in [0.2, 0.25) is 0 Å². The van der Waals surface area contributed by atoms with Crippen LogP contribution in [0.3, 0.4) is 0 Å². The summed E-state index contributed by atoms with van der Waals surface area (Å²) in [5, 5.41) is 2.78. The smallest absolute Gasteiger partial charge is 0.333 e. The third-order valence-electron chi connectivity index (χ3n) is 4.97. The number of anilines is 1. The standard InChI is InChI=1S/C23H23N3O5/c1-14-8-9-17(10-15(14)2)24-20(27)13-31-18-7-5-6-16(11-18)12-19-21(28)25(3)23(30)26(4)22(19)29/h5-12H,13H2,1-4H3,(H,24,27). The molecule has 0 radical (unpaired) electrons. The number of carbonyl (C=O) groups is 4. The van der Waals surface area contributed by atoms with Gasteiger partial charge in [0.2, 0.25) is 0 Å². The Morgan fingerprint density at radius 2 is 1.65 bits per heavy atom. The average Bonchev–Trinajstić information content (AvgIpc) is 2.75. The van der Waals surface area contributed by atoms with Crippen LogP contribution >= 0.6 is 0 Å². The van der Waals surface area contributed by atoms with Crippen molar-refractivity contribution in [3.8, 4) is 5.75 Å². The Morgan fingerprint density at radius 1 is 0.968 bits per heavy atom. The number of rotatable bonds is 5. The molecule has 2 aromatic rings. The lowest BCUT2D eigenvalue weighted by atomic mass is 10.1. The lowest BCUT2D eigenvalue weighted by Crippen LogP contribution is -2.52. The van der Waals surface area contributed by atoms with E-state index in [1.165, 1.54) is 20.2 Å². The Morgan fingerprint density at radius 3 is 2.29 bits per heavy atom. The summed E-state index contributed by atoms with van der Waals surface area (Å²) in [6.07, 6.45) is 1.39. The minimum absolute atomic E-state index is 0.130. The number of aryl methyl sites for hydroxylation is 2. The van der Waals surface area contributed by atoms with Crippen molar-refractivity contribution in [3.05, 3.63) is 64.7 Å². The Labute approximate surface area is 180 Å². The molecule has 0 saturated carbocycles. The van der Waals surface area contributed by atoms with Gasteiger partial charge in [-0.3, -0.25) is 24.2 Å². The molecule has 0 atom stereocenters. The monoisotopic (exact) mass is 421 g/mol. The lowest BCUT2D eigenvalue weighted by Gasteiger charge is -2.28. The van der Waals surface area contributed by atoms with Crippen molar-refractivity contribution in [1.82, 2.24) is 9.80 Å². The zero-order valence-electron chi connectivity index (χ0n) is 17.8. The summed E-state index contributed by atoms with van der Waals surface area (Å²) in [5.74, 6) is -1.26. The molecule has 0 aromatic heterocycles. The van der Waals surface area contributed by atoms with Gasteiger partial charge in [0, 0.05) is 19.8 Å². The van der Waals surface area contributed by atoms with Gasteiger partial charge in [0.05, 0.1) is 0 Å². The van der Waals surface area contributed by atoms with Gasteiger partial charge in [-0.1, -0.05) is 18.2 Å². The molecule has 1 aliphatic rings. The first-order valence-electron chi connectivity index (χ1n) is 9.59. The molecule has 1 heterocycles. The number of hydrogen-bond donors (Lipinski definition) is 1. The molecule has 2 aromatic carbocycles. The fourth-order valence-electron chi connectivity index (χ4n) is 3.00. The van der Waals surface area contributed by atoms with Crippen LogP contribution in [0.1, 0.15) is 16.7 Å². The summed E-state index contributed by atoms with van der Waals surface area (Å²) in [7, 11) is 2.63. The second kappa shape index (κ2) is 8.83. The van der Waals surface area contributed by atoms with E-state index in [2.05, 4.69) is 5.32 Å². The van der Waals surface area contributed by atoms with Gasteiger partial charge in [0.15, 0.2) is 6.61 Å². The number of barbiturate groups is 1. The van der Waals surface area contributed by atoms with Gasteiger partial charge in [-0.2, -0.15) is 0 Å². The summed E-state index contributed by atoms with van der Waals surface area (Å²) < 4.78 is 5.55. The number of likely N-dealkylation sites (N-methyl/N-ethyl adjacent to an activating group) is 2. The van der Waals surface area contributed by atoms with E-state index in [4.69, 9.17) is 4.74 Å². The summed E-state index contributed by atoms with van der Waals surface area (Å²) in [6.45, 7) is 3.76. The highest BCUT2D eigenvalue weighted by molar-refractivity contribution is 6.30. The van der Waals surface area contributed by atoms with E-state index in [0.29, 0.717) is 17.0 Å². The third-order valence-corrected chi connectivity index (χ3v) is 4.97. The summed E-state index contributed by atoms with van der Waals surface area (Å²) in [5.41, 5.74) is 3.29. The van der Waals surface area contributed by atoms with Crippen molar-refractivity contribution >= 4 is 35.5 Å². The molecule has 31 heavy (non-hydrogen) atoms. The molecule has 5 amide bonds. The Hall–Kier alpha value is -3.94. The number of benzene rings is 2. The van der Waals surface area contributed by atoms with E-state index in [0.717, 1.165) is 20.9 Å². The van der Waals surface area contributed by atoms with E-state index < -0.39 is 17.8 Å². The first-order chi connectivity index (χ1) is 14.7. The van der Waals surface area contributed by atoms with E-state index in [1.807, 2.05) is 32.0 Å². The van der Waals surface area contributed by atoms with Crippen LogP contribution in [-0.2, 0) is 14.4 Å². The van der Waals surface area contributed by atoms with Crippen LogP contribution in [0.4, 0.5) is 10.5 Å². The molecular formula is C23H23N3O5. The highest BCUT2D eigenvalue weighted by Gasteiger charge is 2.37. The maximum atomic E-state index is 12.3. The zero-order chi connectivity index (χ0) is 22.7. The van der Waals surface area contributed by atoms with Crippen molar-refractivity contribution in [2.45, 2.75) is 13.8 Å². The molecule has 1 aliphatic heterocycles. The number of nitrogens with one attached hydrogen (secondary N) is 1. The third kappa shape index (κ3) is 4.80. The van der Waals surface area contributed by atoms with Crippen molar-refractivity contribution in [1.29, 1.82) is 0 Å². The van der Waals surface area contributed by atoms with E-state index >= 15 is 0 Å². The molecule has 0 spiro atoms. The van der Waals surface area contributed by atoms with Crippen molar-refractivity contribution in [3.63, 3.8) is 0 Å². The maximum Gasteiger partial charge on any atom is 0.333 e. The average molecular weight is 421 g/mol.